The molecule has 2 N–H and O–H groups in total. The third-order valence-electron chi connectivity index (χ3n) is 3.80. The van der Waals surface area contributed by atoms with E-state index in [1.54, 1.807) is 0 Å². The van der Waals surface area contributed by atoms with Crippen LogP contribution in [0.5, 0.6) is 11.5 Å². The van der Waals surface area contributed by atoms with Gasteiger partial charge in [-0.15, -0.1) is 10.2 Å². The molecule has 6 nitrogen and oxygen atoms in total. The number of hydrogen-bond donors (Lipinski definition) is 1. The van der Waals surface area contributed by atoms with Crippen LogP contribution in [0.25, 0.3) is 0 Å². The van der Waals surface area contributed by atoms with Crippen LogP contribution in [-0.4, -0.2) is 18.2 Å². The van der Waals surface area contributed by atoms with Gasteiger partial charge in [-0.05, 0) is 29.8 Å². The van der Waals surface area contributed by atoms with Crippen molar-refractivity contribution in [3.8, 4) is 17.6 Å². The first-order valence-corrected chi connectivity index (χ1v) is 7.08. The summed E-state index contributed by atoms with van der Waals surface area (Å²) in [5.41, 5.74) is 10.2. The molecule has 0 radical (unpaired) electrons. The van der Waals surface area contributed by atoms with Gasteiger partial charge in [0.1, 0.15) is 17.5 Å². The molecule has 112 valence electrons. The van der Waals surface area contributed by atoms with Crippen LogP contribution < -0.4 is 15.2 Å². The molecular weight excluding hydrogens is 292 g/mol. The largest absolute Gasteiger partial charge is 0.454 e. The molecule has 0 spiro atoms. The molecule has 0 amide bonds. The smallest absolute Gasteiger partial charge is 0.231 e. The van der Waals surface area contributed by atoms with Crippen LogP contribution in [-0.2, 0) is 6.42 Å². The highest BCUT2D eigenvalue weighted by Crippen LogP contribution is 2.36. The highest BCUT2D eigenvalue weighted by atomic mass is 16.7. The number of nitrogens with zero attached hydrogens (tertiary/aromatic N) is 3. The van der Waals surface area contributed by atoms with Crippen molar-refractivity contribution in [2.24, 2.45) is 10.2 Å². The van der Waals surface area contributed by atoms with E-state index in [1.165, 1.54) is 0 Å². The average Bonchev–Trinajstić information content (AvgIpc) is 2.94. The lowest BCUT2D eigenvalue weighted by Crippen LogP contribution is -2.07. The van der Waals surface area contributed by atoms with Gasteiger partial charge < -0.3 is 15.2 Å². The summed E-state index contributed by atoms with van der Waals surface area (Å²) < 4.78 is 10.9. The van der Waals surface area contributed by atoms with Crippen molar-refractivity contribution in [3.63, 3.8) is 0 Å². The zero-order valence-electron chi connectivity index (χ0n) is 12.1. The molecule has 2 aliphatic heterocycles. The van der Waals surface area contributed by atoms with Gasteiger partial charge in [-0.3, -0.25) is 0 Å². The monoisotopic (exact) mass is 304 g/mol. The number of ether oxygens (including phenoxy) is 2. The Labute approximate surface area is 132 Å². The molecule has 0 bridgehead atoms. The Bertz CT molecular complexity index is 892. The van der Waals surface area contributed by atoms with E-state index in [4.69, 9.17) is 15.2 Å². The lowest BCUT2D eigenvalue weighted by atomic mass is 9.94. The minimum atomic E-state index is 0.200. The molecule has 6 heteroatoms. The normalized spacial score (nSPS) is 15.1. The third kappa shape index (κ3) is 2.28. The van der Waals surface area contributed by atoms with Crippen LogP contribution in [0.3, 0.4) is 0 Å². The van der Waals surface area contributed by atoms with Crippen LogP contribution in [0.15, 0.2) is 46.6 Å². The summed E-state index contributed by atoms with van der Waals surface area (Å²) in [5, 5.41) is 17.6. The van der Waals surface area contributed by atoms with E-state index in [9.17, 15) is 5.26 Å². The third-order valence-corrected chi connectivity index (χ3v) is 3.80. The quantitative estimate of drug-likeness (QED) is 0.818. The Balaban J connectivity index is 1.91. The molecule has 0 aromatic heterocycles. The lowest BCUT2D eigenvalue weighted by molar-refractivity contribution is 0.174. The number of benzene rings is 2. The summed E-state index contributed by atoms with van der Waals surface area (Å²) in [4.78, 5) is 0. The van der Waals surface area contributed by atoms with Gasteiger partial charge in [-0.25, -0.2) is 0 Å². The van der Waals surface area contributed by atoms with E-state index in [-0.39, 0.29) is 6.79 Å². The standard InChI is InChI=1S/C17H12N4O2/c18-8-13-5-11-6-15-16(23-9-22-15)7-14(11)17(21-20-13)10-1-3-12(19)4-2-10/h1-4,6-7H,5,9,19H2. The fourth-order valence-corrected chi connectivity index (χ4v) is 2.65. The average molecular weight is 304 g/mol. The van der Waals surface area contributed by atoms with Crippen molar-refractivity contribution in [1.29, 1.82) is 5.26 Å². The maximum Gasteiger partial charge on any atom is 0.231 e. The Morgan fingerprint density at radius 1 is 1.04 bits per heavy atom. The van der Waals surface area contributed by atoms with Gasteiger partial charge in [-0.2, -0.15) is 5.26 Å². The first-order valence-electron chi connectivity index (χ1n) is 7.08. The highest BCUT2D eigenvalue weighted by Gasteiger charge is 2.23. The van der Waals surface area contributed by atoms with Crippen molar-refractivity contribution in [1.82, 2.24) is 0 Å². The summed E-state index contributed by atoms with van der Waals surface area (Å²) in [7, 11) is 0. The van der Waals surface area contributed by atoms with Crippen molar-refractivity contribution >= 4 is 17.1 Å². The van der Waals surface area contributed by atoms with Gasteiger partial charge in [-0.1, -0.05) is 12.1 Å². The van der Waals surface area contributed by atoms with Gasteiger partial charge in [0.05, 0.1) is 0 Å². The molecule has 4 rings (SSSR count). The number of anilines is 1. The Morgan fingerprint density at radius 2 is 1.78 bits per heavy atom. The number of nitrogens with two attached hydrogens (primary N) is 1. The van der Waals surface area contributed by atoms with E-state index in [0.717, 1.165) is 16.7 Å². The summed E-state index contributed by atoms with van der Waals surface area (Å²) in [6.07, 6.45) is 0.407. The van der Waals surface area contributed by atoms with Crippen LogP contribution >= 0.6 is 0 Å². The van der Waals surface area contributed by atoms with Crippen LogP contribution in [0.1, 0.15) is 16.7 Å². The molecule has 2 heterocycles. The molecule has 0 saturated carbocycles. The van der Waals surface area contributed by atoms with E-state index in [2.05, 4.69) is 16.3 Å². The Morgan fingerprint density at radius 3 is 2.52 bits per heavy atom. The van der Waals surface area contributed by atoms with Gasteiger partial charge in [0.2, 0.25) is 6.79 Å². The number of hydrogen-bond acceptors (Lipinski definition) is 6. The maximum absolute atomic E-state index is 9.21. The van der Waals surface area contributed by atoms with Gasteiger partial charge >= 0.3 is 0 Å². The maximum atomic E-state index is 9.21. The van der Waals surface area contributed by atoms with E-state index < -0.39 is 0 Å². The number of fused-ring (bicyclic) bond motifs is 2. The highest BCUT2D eigenvalue weighted by molar-refractivity contribution is 6.16. The molecule has 2 aromatic rings. The van der Waals surface area contributed by atoms with E-state index in [0.29, 0.717) is 35.0 Å². The lowest BCUT2D eigenvalue weighted by Gasteiger charge is -2.10. The van der Waals surface area contributed by atoms with Crippen LogP contribution in [0.2, 0.25) is 0 Å². The zero-order valence-corrected chi connectivity index (χ0v) is 12.1. The number of nitriles is 1. The topological polar surface area (TPSA) is 93.0 Å². The molecular formula is C17H12N4O2. The summed E-state index contributed by atoms with van der Waals surface area (Å²) in [6.45, 7) is 0.200. The zero-order chi connectivity index (χ0) is 15.8. The number of nitrogen functional groups attached to an aromatic ring is 1. The summed E-state index contributed by atoms with van der Waals surface area (Å²) in [5.74, 6) is 1.35. The second-order valence-electron chi connectivity index (χ2n) is 5.27. The summed E-state index contributed by atoms with van der Waals surface area (Å²) >= 11 is 0. The van der Waals surface area contributed by atoms with Gasteiger partial charge in [0.15, 0.2) is 11.5 Å². The molecule has 0 unspecified atom stereocenters. The SMILES string of the molecule is N#CC1=NN=C(c2ccc(N)cc2)c2cc3c(cc2C1)OCO3. The first kappa shape index (κ1) is 13.3. The fraction of sp³-hybridized carbons (Fsp3) is 0.118. The van der Waals surface area contributed by atoms with E-state index in [1.807, 2.05) is 36.4 Å². The van der Waals surface area contributed by atoms with E-state index >= 15 is 0 Å². The molecule has 0 saturated heterocycles. The van der Waals surface area contributed by atoms with Crippen LogP contribution in [0.4, 0.5) is 5.69 Å². The molecule has 0 aliphatic carbocycles. The van der Waals surface area contributed by atoms with Gasteiger partial charge in [0, 0.05) is 23.2 Å². The molecule has 0 fully saturated rings. The predicted molar refractivity (Wildman–Crippen MR) is 85.8 cm³/mol. The van der Waals surface area contributed by atoms with Crippen LogP contribution in [0, 0.1) is 11.3 Å². The van der Waals surface area contributed by atoms with Gasteiger partial charge in [0.25, 0.3) is 0 Å². The minimum Gasteiger partial charge on any atom is -0.454 e. The predicted octanol–water partition coefficient (Wildman–Crippen LogP) is 2.27. The van der Waals surface area contributed by atoms with Crippen molar-refractivity contribution < 1.29 is 9.47 Å². The molecule has 2 aromatic carbocycles. The van der Waals surface area contributed by atoms with Crippen molar-refractivity contribution in [2.75, 3.05) is 12.5 Å². The second kappa shape index (κ2) is 5.14. The van der Waals surface area contributed by atoms with Crippen molar-refractivity contribution in [3.05, 3.63) is 53.1 Å². The van der Waals surface area contributed by atoms with Crippen molar-refractivity contribution in [2.45, 2.75) is 6.42 Å². The second-order valence-corrected chi connectivity index (χ2v) is 5.27. The number of rotatable bonds is 1. The molecule has 2 aliphatic rings. The molecule has 23 heavy (non-hydrogen) atoms. The Kier molecular flexibility index (Phi) is 2.98. The first-order chi connectivity index (χ1) is 11.2. The molecule has 0 atom stereocenters. The fourth-order valence-electron chi connectivity index (χ4n) is 2.65. The Hall–Kier alpha value is -3.33. The summed E-state index contributed by atoms with van der Waals surface area (Å²) in [6, 6.07) is 13.3. The minimum absolute atomic E-state index is 0.200.